The zero-order valence-corrected chi connectivity index (χ0v) is 15.6. The van der Waals surface area contributed by atoms with Crippen LogP contribution in [0.3, 0.4) is 0 Å². The third-order valence-electron chi connectivity index (χ3n) is 5.79. The predicted molar refractivity (Wildman–Crippen MR) is 105 cm³/mol. The zero-order chi connectivity index (χ0) is 17.9. The molecule has 0 spiro atoms. The number of nitrogens with zero attached hydrogens (tertiary/aromatic N) is 2. The molecule has 136 valence electrons. The first-order chi connectivity index (χ1) is 12.7. The van der Waals surface area contributed by atoms with E-state index in [1.807, 2.05) is 36.4 Å². The number of carbonyl (C=O) groups is 1. The van der Waals surface area contributed by atoms with Crippen LogP contribution in [0.5, 0.6) is 0 Å². The highest BCUT2D eigenvalue weighted by Crippen LogP contribution is 2.36. The first-order valence-electron chi connectivity index (χ1n) is 9.84. The highest BCUT2D eigenvalue weighted by Gasteiger charge is 2.41. The normalized spacial score (nSPS) is 18.8. The van der Waals surface area contributed by atoms with Crippen LogP contribution in [-0.4, -0.2) is 47.9 Å². The van der Waals surface area contributed by atoms with Crippen LogP contribution in [0.1, 0.15) is 42.7 Å². The van der Waals surface area contributed by atoms with Gasteiger partial charge in [0.25, 0.3) is 0 Å². The van der Waals surface area contributed by atoms with Crippen LogP contribution in [0, 0.1) is 0 Å². The van der Waals surface area contributed by atoms with Gasteiger partial charge in [0.15, 0.2) is 0 Å². The fourth-order valence-electron chi connectivity index (χ4n) is 4.20. The van der Waals surface area contributed by atoms with E-state index >= 15 is 0 Å². The van der Waals surface area contributed by atoms with Crippen LogP contribution >= 0.6 is 0 Å². The van der Waals surface area contributed by atoms with Gasteiger partial charge < -0.3 is 9.80 Å². The van der Waals surface area contributed by atoms with Gasteiger partial charge in [0.2, 0.25) is 5.91 Å². The number of likely N-dealkylation sites (tertiary alicyclic amines) is 1. The minimum Gasteiger partial charge on any atom is -0.336 e. The Bertz CT molecular complexity index is 679. The minimum atomic E-state index is -0.197. The Morgan fingerprint density at radius 2 is 1.31 bits per heavy atom. The van der Waals surface area contributed by atoms with Crippen LogP contribution in [-0.2, 0) is 4.79 Å². The van der Waals surface area contributed by atoms with Gasteiger partial charge in [-0.2, -0.15) is 0 Å². The van der Waals surface area contributed by atoms with Crippen molar-refractivity contribution in [3.63, 3.8) is 0 Å². The summed E-state index contributed by atoms with van der Waals surface area (Å²) in [6.07, 6.45) is 4.51. The Balaban J connectivity index is 1.66. The third kappa shape index (κ3) is 3.68. The van der Waals surface area contributed by atoms with E-state index in [-0.39, 0.29) is 5.92 Å². The number of piperidine rings is 1. The van der Waals surface area contributed by atoms with Gasteiger partial charge in [0.1, 0.15) is 0 Å². The van der Waals surface area contributed by atoms with E-state index in [1.165, 1.54) is 0 Å². The molecule has 2 aromatic rings. The lowest BCUT2D eigenvalue weighted by atomic mass is 9.88. The van der Waals surface area contributed by atoms with Crippen molar-refractivity contribution in [1.29, 1.82) is 0 Å². The summed E-state index contributed by atoms with van der Waals surface area (Å²) in [5.41, 5.74) is 2.20. The largest absolute Gasteiger partial charge is 0.336 e. The van der Waals surface area contributed by atoms with Crippen molar-refractivity contribution in [1.82, 2.24) is 9.80 Å². The molecule has 4 rings (SSSR count). The van der Waals surface area contributed by atoms with Crippen LogP contribution < -0.4 is 0 Å². The van der Waals surface area contributed by atoms with E-state index in [1.54, 1.807) is 0 Å². The molecule has 2 aliphatic rings. The second-order valence-electron chi connectivity index (χ2n) is 7.77. The van der Waals surface area contributed by atoms with Gasteiger partial charge in [0, 0.05) is 12.1 Å². The second kappa shape index (κ2) is 7.63. The molecule has 1 saturated carbocycles. The molecule has 26 heavy (non-hydrogen) atoms. The molecule has 3 heteroatoms. The van der Waals surface area contributed by atoms with E-state index in [4.69, 9.17) is 0 Å². The lowest BCUT2D eigenvalue weighted by Gasteiger charge is -2.39. The number of hydrogen-bond donors (Lipinski definition) is 0. The number of hydrogen-bond acceptors (Lipinski definition) is 2. The molecule has 1 saturated heterocycles. The summed E-state index contributed by atoms with van der Waals surface area (Å²) < 4.78 is 0. The Morgan fingerprint density at radius 3 is 1.77 bits per heavy atom. The van der Waals surface area contributed by atoms with E-state index < -0.39 is 0 Å². The quantitative estimate of drug-likeness (QED) is 0.818. The molecular formula is C23H28N2O. The van der Waals surface area contributed by atoms with Crippen molar-refractivity contribution in [2.45, 2.75) is 43.7 Å². The van der Waals surface area contributed by atoms with Crippen molar-refractivity contribution in [3.8, 4) is 0 Å². The molecule has 3 nitrogen and oxygen atoms in total. The zero-order valence-electron chi connectivity index (χ0n) is 15.6. The number of carbonyl (C=O) groups excluding carboxylic acids is 1. The van der Waals surface area contributed by atoms with Crippen molar-refractivity contribution in [2.75, 3.05) is 20.1 Å². The second-order valence-corrected chi connectivity index (χ2v) is 7.77. The number of benzene rings is 2. The molecule has 2 fully saturated rings. The molecule has 2 aromatic carbocycles. The Labute approximate surface area is 156 Å². The molecule has 0 N–H and O–H groups in total. The third-order valence-corrected chi connectivity index (χ3v) is 5.79. The fraction of sp³-hybridized carbons (Fsp3) is 0.435. The average molecular weight is 348 g/mol. The van der Waals surface area contributed by atoms with Crippen molar-refractivity contribution >= 4 is 5.91 Å². The predicted octanol–water partition coefficient (Wildman–Crippen LogP) is 3.90. The van der Waals surface area contributed by atoms with Gasteiger partial charge in [0.05, 0.1) is 5.92 Å². The summed E-state index contributed by atoms with van der Waals surface area (Å²) in [5.74, 6) is 0.0945. The maximum absolute atomic E-state index is 13.8. The first kappa shape index (κ1) is 17.3. The monoisotopic (exact) mass is 348 g/mol. The summed E-state index contributed by atoms with van der Waals surface area (Å²) in [7, 11) is 2.18. The minimum absolute atomic E-state index is 0.197. The van der Waals surface area contributed by atoms with E-state index in [9.17, 15) is 4.79 Å². The fourth-order valence-corrected chi connectivity index (χ4v) is 4.20. The standard InChI is InChI=1S/C23H28N2O/c1-24-16-14-21(15-17-24)25(20-12-13-20)23(26)22(18-8-4-2-5-9-18)19-10-6-3-7-11-19/h2-11,20-22H,12-17H2,1H3. The average Bonchev–Trinajstić information content (AvgIpc) is 3.51. The van der Waals surface area contributed by atoms with Crippen LogP contribution in [0.4, 0.5) is 0 Å². The molecular weight excluding hydrogens is 320 g/mol. The summed E-state index contributed by atoms with van der Waals surface area (Å²) in [4.78, 5) is 18.5. The van der Waals surface area contributed by atoms with Gasteiger partial charge in [-0.1, -0.05) is 60.7 Å². The summed E-state index contributed by atoms with van der Waals surface area (Å²) in [6.45, 7) is 2.17. The highest BCUT2D eigenvalue weighted by atomic mass is 16.2. The van der Waals surface area contributed by atoms with Crippen LogP contribution in [0.2, 0.25) is 0 Å². The van der Waals surface area contributed by atoms with Crippen LogP contribution in [0.15, 0.2) is 60.7 Å². The van der Waals surface area contributed by atoms with Gasteiger partial charge >= 0.3 is 0 Å². The smallest absolute Gasteiger partial charge is 0.235 e. The van der Waals surface area contributed by atoms with Gasteiger partial charge in [-0.05, 0) is 56.9 Å². The summed E-state index contributed by atoms with van der Waals surface area (Å²) in [5, 5.41) is 0. The molecule has 0 aromatic heterocycles. The topological polar surface area (TPSA) is 23.6 Å². The van der Waals surface area contributed by atoms with Crippen molar-refractivity contribution in [3.05, 3.63) is 71.8 Å². The molecule has 1 aliphatic carbocycles. The van der Waals surface area contributed by atoms with E-state index in [0.717, 1.165) is 49.9 Å². The lowest BCUT2D eigenvalue weighted by molar-refractivity contribution is -0.135. The maximum Gasteiger partial charge on any atom is 0.235 e. The SMILES string of the molecule is CN1CCC(N(C(=O)C(c2ccccc2)c2ccccc2)C2CC2)CC1. The van der Waals surface area contributed by atoms with Crippen molar-refractivity contribution < 1.29 is 4.79 Å². The van der Waals surface area contributed by atoms with Gasteiger partial charge in [-0.25, -0.2) is 0 Å². The Morgan fingerprint density at radius 1 is 0.846 bits per heavy atom. The highest BCUT2D eigenvalue weighted by molar-refractivity contribution is 5.88. The van der Waals surface area contributed by atoms with Crippen LogP contribution in [0.25, 0.3) is 0 Å². The molecule has 1 aliphatic heterocycles. The molecule has 0 atom stereocenters. The Kier molecular flexibility index (Phi) is 5.07. The molecule has 1 amide bonds. The van der Waals surface area contributed by atoms with E-state index in [0.29, 0.717) is 18.0 Å². The molecule has 0 radical (unpaired) electrons. The van der Waals surface area contributed by atoms with Gasteiger partial charge in [-0.15, -0.1) is 0 Å². The summed E-state index contributed by atoms with van der Waals surface area (Å²) in [6, 6.07) is 21.4. The lowest BCUT2D eigenvalue weighted by Crippen LogP contribution is -2.49. The van der Waals surface area contributed by atoms with Crippen molar-refractivity contribution in [2.24, 2.45) is 0 Å². The molecule has 1 heterocycles. The number of rotatable bonds is 5. The number of amides is 1. The van der Waals surface area contributed by atoms with E-state index in [2.05, 4.69) is 41.1 Å². The maximum atomic E-state index is 13.8. The first-order valence-corrected chi connectivity index (χ1v) is 9.84. The molecule has 0 bridgehead atoms. The van der Waals surface area contributed by atoms with Gasteiger partial charge in [-0.3, -0.25) is 4.79 Å². The Hall–Kier alpha value is -2.13. The summed E-state index contributed by atoms with van der Waals surface area (Å²) >= 11 is 0. The molecule has 0 unspecified atom stereocenters.